The number of hydrogen-bond donors (Lipinski definition) is 1. The Morgan fingerprint density at radius 1 is 1.05 bits per heavy atom. The molecule has 4 nitrogen and oxygen atoms in total. The summed E-state index contributed by atoms with van der Waals surface area (Å²) in [5.74, 6) is 0.134. The van der Waals surface area contributed by atoms with Crippen LogP contribution < -0.4 is 5.32 Å². The number of fused-ring (bicyclic) bond motifs is 1. The third-order valence-corrected chi connectivity index (χ3v) is 3.21. The molecular formula is C14H10ClFN4. The van der Waals surface area contributed by atoms with E-state index in [0.29, 0.717) is 11.4 Å². The Bertz CT molecular complexity index is 791. The predicted molar refractivity (Wildman–Crippen MR) is 77.3 cm³/mol. The van der Waals surface area contributed by atoms with Crippen LogP contribution in [-0.2, 0) is 0 Å². The molecule has 1 N–H and O–H groups in total. The Morgan fingerprint density at radius 2 is 1.90 bits per heavy atom. The molecule has 0 amide bonds. The maximum absolute atomic E-state index is 13.5. The largest absolute Gasteiger partial charge is 0.372 e. The lowest BCUT2D eigenvalue weighted by Crippen LogP contribution is -1.94. The minimum absolute atomic E-state index is 0.133. The van der Waals surface area contributed by atoms with Crippen molar-refractivity contribution >= 4 is 28.5 Å². The van der Waals surface area contributed by atoms with Gasteiger partial charge in [0, 0.05) is 18.8 Å². The summed E-state index contributed by atoms with van der Waals surface area (Å²) < 4.78 is 13.5. The average Bonchev–Trinajstić information content (AvgIpc) is 2.49. The summed E-state index contributed by atoms with van der Waals surface area (Å²) in [5, 5.41) is 2.80. The summed E-state index contributed by atoms with van der Waals surface area (Å²) in [6.45, 7) is 0. The number of benzene rings is 1. The van der Waals surface area contributed by atoms with Crippen molar-refractivity contribution in [3.8, 4) is 11.1 Å². The van der Waals surface area contributed by atoms with Crippen molar-refractivity contribution in [2.24, 2.45) is 0 Å². The molecule has 0 atom stereocenters. The molecule has 0 radical (unpaired) electrons. The van der Waals surface area contributed by atoms with Crippen LogP contribution in [0.2, 0.25) is 5.15 Å². The molecule has 1 aromatic carbocycles. The fourth-order valence-electron chi connectivity index (χ4n) is 1.89. The number of rotatable bonds is 2. The quantitative estimate of drug-likeness (QED) is 0.733. The van der Waals surface area contributed by atoms with Gasteiger partial charge in [0.25, 0.3) is 0 Å². The van der Waals surface area contributed by atoms with Gasteiger partial charge < -0.3 is 5.32 Å². The topological polar surface area (TPSA) is 50.7 Å². The Labute approximate surface area is 119 Å². The highest BCUT2D eigenvalue weighted by atomic mass is 35.5. The van der Waals surface area contributed by atoms with Gasteiger partial charge in [0.1, 0.15) is 5.82 Å². The van der Waals surface area contributed by atoms with Crippen molar-refractivity contribution < 1.29 is 4.39 Å². The van der Waals surface area contributed by atoms with Crippen molar-refractivity contribution in [2.75, 3.05) is 12.4 Å². The molecule has 0 spiro atoms. The standard InChI is InChI=1S/C14H10ClFN4/c1-17-13-7-18-11-3-2-8(5-12(11)20-13)9-4-10(16)14(15)19-6-9/h2-7H,1H3,(H,17,20). The number of nitrogens with one attached hydrogen (secondary N) is 1. The first kappa shape index (κ1) is 12.7. The van der Waals surface area contributed by atoms with E-state index in [4.69, 9.17) is 11.6 Å². The van der Waals surface area contributed by atoms with Crippen molar-refractivity contribution in [1.29, 1.82) is 0 Å². The monoisotopic (exact) mass is 288 g/mol. The first-order chi connectivity index (χ1) is 9.67. The summed E-state index contributed by atoms with van der Waals surface area (Å²) in [5.41, 5.74) is 2.95. The fraction of sp³-hybridized carbons (Fsp3) is 0.0714. The van der Waals surface area contributed by atoms with Crippen LogP contribution in [0.4, 0.5) is 10.2 Å². The number of hydrogen-bond acceptors (Lipinski definition) is 4. The number of nitrogens with zero attached hydrogens (tertiary/aromatic N) is 3. The zero-order chi connectivity index (χ0) is 14.1. The van der Waals surface area contributed by atoms with Gasteiger partial charge >= 0.3 is 0 Å². The van der Waals surface area contributed by atoms with E-state index in [1.165, 1.54) is 12.3 Å². The number of aromatic nitrogens is 3. The maximum Gasteiger partial charge on any atom is 0.164 e. The van der Waals surface area contributed by atoms with Crippen LogP contribution in [0.25, 0.3) is 22.2 Å². The molecule has 2 heterocycles. The van der Waals surface area contributed by atoms with Crippen LogP contribution >= 0.6 is 11.6 Å². The number of pyridine rings is 1. The van der Waals surface area contributed by atoms with Gasteiger partial charge in [-0.3, -0.25) is 4.98 Å². The molecule has 6 heteroatoms. The zero-order valence-electron chi connectivity index (χ0n) is 10.6. The van der Waals surface area contributed by atoms with Crippen molar-refractivity contribution in [2.45, 2.75) is 0 Å². The number of anilines is 1. The second kappa shape index (κ2) is 5.02. The molecule has 0 unspecified atom stereocenters. The first-order valence-corrected chi connectivity index (χ1v) is 6.31. The molecule has 0 fully saturated rings. The van der Waals surface area contributed by atoms with Crippen LogP contribution in [0.15, 0.2) is 36.7 Å². The van der Waals surface area contributed by atoms with Gasteiger partial charge in [-0.05, 0) is 23.8 Å². The Balaban J connectivity index is 2.13. The van der Waals surface area contributed by atoms with Crippen LogP contribution in [0.1, 0.15) is 0 Å². The van der Waals surface area contributed by atoms with Crippen molar-refractivity contribution in [3.63, 3.8) is 0 Å². The van der Waals surface area contributed by atoms with Gasteiger partial charge in [-0.15, -0.1) is 0 Å². The summed E-state index contributed by atoms with van der Waals surface area (Å²) in [6, 6.07) is 6.88. The lowest BCUT2D eigenvalue weighted by molar-refractivity contribution is 0.622. The number of halogens is 2. The van der Waals surface area contributed by atoms with E-state index in [0.717, 1.165) is 16.6 Å². The van der Waals surface area contributed by atoms with Crippen LogP contribution in [0, 0.1) is 5.82 Å². The molecule has 3 rings (SSSR count). The normalized spacial score (nSPS) is 10.8. The average molecular weight is 289 g/mol. The molecule has 2 aromatic heterocycles. The minimum atomic E-state index is -0.542. The minimum Gasteiger partial charge on any atom is -0.372 e. The summed E-state index contributed by atoms with van der Waals surface area (Å²) in [6.07, 6.45) is 3.19. The van der Waals surface area contributed by atoms with E-state index in [-0.39, 0.29) is 5.15 Å². The van der Waals surface area contributed by atoms with E-state index in [9.17, 15) is 4.39 Å². The lowest BCUT2D eigenvalue weighted by atomic mass is 10.1. The molecule has 100 valence electrons. The van der Waals surface area contributed by atoms with E-state index in [2.05, 4.69) is 20.3 Å². The summed E-state index contributed by atoms with van der Waals surface area (Å²) >= 11 is 5.59. The highest BCUT2D eigenvalue weighted by Crippen LogP contribution is 2.25. The Hall–Kier alpha value is -2.27. The molecule has 3 aromatic rings. The summed E-state index contributed by atoms with van der Waals surface area (Å²) in [7, 11) is 1.78. The molecule has 0 bridgehead atoms. The predicted octanol–water partition coefficient (Wildman–Crippen LogP) is 3.53. The SMILES string of the molecule is CNc1cnc2ccc(-c3cnc(Cl)c(F)c3)cc2n1. The molecule has 20 heavy (non-hydrogen) atoms. The van der Waals surface area contributed by atoms with Crippen molar-refractivity contribution in [3.05, 3.63) is 47.6 Å². The zero-order valence-corrected chi connectivity index (χ0v) is 11.3. The van der Waals surface area contributed by atoms with Gasteiger partial charge in [0.2, 0.25) is 0 Å². The third kappa shape index (κ3) is 2.28. The highest BCUT2D eigenvalue weighted by Gasteiger charge is 2.06. The van der Waals surface area contributed by atoms with Crippen molar-refractivity contribution in [1.82, 2.24) is 15.0 Å². The van der Waals surface area contributed by atoms with E-state index in [1.807, 2.05) is 18.2 Å². The van der Waals surface area contributed by atoms with Crippen LogP contribution in [0.3, 0.4) is 0 Å². The molecule has 0 saturated carbocycles. The lowest BCUT2D eigenvalue weighted by Gasteiger charge is -2.05. The van der Waals surface area contributed by atoms with Gasteiger partial charge in [-0.1, -0.05) is 17.7 Å². The third-order valence-electron chi connectivity index (χ3n) is 2.93. The molecule has 0 saturated heterocycles. The fourth-order valence-corrected chi connectivity index (χ4v) is 1.99. The summed E-state index contributed by atoms with van der Waals surface area (Å²) in [4.78, 5) is 12.5. The van der Waals surface area contributed by atoms with Gasteiger partial charge in [-0.2, -0.15) is 0 Å². The Morgan fingerprint density at radius 3 is 2.65 bits per heavy atom. The van der Waals surface area contributed by atoms with E-state index < -0.39 is 5.82 Å². The van der Waals surface area contributed by atoms with Gasteiger partial charge in [-0.25, -0.2) is 14.4 Å². The Kier molecular flexibility index (Phi) is 3.20. The van der Waals surface area contributed by atoms with Gasteiger partial charge in [0.15, 0.2) is 11.0 Å². The van der Waals surface area contributed by atoms with E-state index in [1.54, 1.807) is 13.2 Å². The first-order valence-electron chi connectivity index (χ1n) is 5.93. The highest BCUT2D eigenvalue weighted by molar-refractivity contribution is 6.29. The van der Waals surface area contributed by atoms with Crippen LogP contribution in [0.5, 0.6) is 0 Å². The molecule has 0 aliphatic rings. The second-order valence-corrected chi connectivity index (χ2v) is 4.56. The molecule has 0 aliphatic carbocycles. The van der Waals surface area contributed by atoms with E-state index >= 15 is 0 Å². The van der Waals surface area contributed by atoms with Gasteiger partial charge in [0.05, 0.1) is 17.2 Å². The smallest absolute Gasteiger partial charge is 0.164 e. The molecular weight excluding hydrogens is 279 g/mol. The second-order valence-electron chi connectivity index (χ2n) is 4.21. The maximum atomic E-state index is 13.5. The van der Waals surface area contributed by atoms with Crippen LogP contribution in [-0.4, -0.2) is 22.0 Å². The molecule has 0 aliphatic heterocycles.